The summed E-state index contributed by atoms with van der Waals surface area (Å²) in [6.45, 7) is 2.92. The summed E-state index contributed by atoms with van der Waals surface area (Å²) >= 11 is 1.65. The van der Waals surface area contributed by atoms with E-state index in [2.05, 4.69) is 26.7 Å². The number of para-hydroxylation sites is 1. The molecule has 2 aromatic heterocycles. The minimum absolute atomic E-state index is 0.108. The van der Waals surface area contributed by atoms with Crippen molar-refractivity contribution in [2.24, 2.45) is 0 Å². The van der Waals surface area contributed by atoms with Gasteiger partial charge in [-0.2, -0.15) is 0 Å². The fraction of sp³-hybridized carbons (Fsp3) is 0.182. The normalized spacial score (nSPS) is 11.9. The number of aromatic nitrogens is 3. The van der Waals surface area contributed by atoms with Gasteiger partial charge < -0.3 is 10.6 Å². The molecule has 0 unspecified atom stereocenters. The van der Waals surface area contributed by atoms with Crippen LogP contribution in [0.3, 0.4) is 0 Å². The van der Waals surface area contributed by atoms with E-state index < -0.39 is 0 Å². The molecular weight excluding hydrogens is 398 g/mol. The van der Waals surface area contributed by atoms with Crippen molar-refractivity contribution in [2.45, 2.75) is 19.4 Å². The Balaban J connectivity index is 1.34. The van der Waals surface area contributed by atoms with Gasteiger partial charge in [-0.3, -0.25) is 4.57 Å². The highest BCUT2D eigenvalue weighted by Crippen LogP contribution is 2.26. The third kappa shape index (κ3) is 4.72. The zero-order chi connectivity index (χ0) is 20.9. The van der Waals surface area contributed by atoms with Crippen LogP contribution in [-0.4, -0.2) is 27.1 Å². The summed E-state index contributed by atoms with van der Waals surface area (Å²) in [5.41, 5.74) is 2.23. The average molecular weight is 420 g/mol. The molecule has 2 heterocycles. The lowest BCUT2D eigenvalue weighted by Crippen LogP contribution is -2.31. The van der Waals surface area contributed by atoms with Crippen LogP contribution in [0.2, 0.25) is 0 Å². The van der Waals surface area contributed by atoms with Gasteiger partial charge in [0.15, 0.2) is 0 Å². The number of amides is 2. The lowest BCUT2D eigenvalue weighted by molar-refractivity contribution is 0.251. The molecule has 2 aromatic carbocycles. The van der Waals surface area contributed by atoms with Crippen molar-refractivity contribution in [3.05, 3.63) is 88.0 Å². The van der Waals surface area contributed by atoms with Gasteiger partial charge in [0, 0.05) is 30.5 Å². The van der Waals surface area contributed by atoms with Crippen LogP contribution in [0.15, 0.2) is 71.8 Å². The van der Waals surface area contributed by atoms with E-state index >= 15 is 0 Å². The van der Waals surface area contributed by atoms with E-state index in [1.54, 1.807) is 23.6 Å². The summed E-state index contributed by atoms with van der Waals surface area (Å²) in [6, 6.07) is 16.9. The summed E-state index contributed by atoms with van der Waals surface area (Å²) in [6.07, 6.45) is 3.15. The Morgan fingerprint density at radius 1 is 1.17 bits per heavy atom. The molecule has 0 aliphatic heterocycles. The molecule has 4 rings (SSSR count). The van der Waals surface area contributed by atoms with Crippen LogP contribution in [0.4, 0.5) is 10.5 Å². The number of nitrogens with one attached hydrogen (secondary N) is 2. The smallest absolute Gasteiger partial charge is 0.337 e. The number of anilines is 1. The zero-order valence-corrected chi connectivity index (χ0v) is 17.2. The van der Waals surface area contributed by atoms with Crippen molar-refractivity contribution in [2.75, 3.05) is 11.9 Å². The van der Waals surface area contributed by atoms with E-state index in [9.17, 15) is 9.59 Å². The fourth-order valence-corrected chi connectivity index (χ4v) is 4.08. The van der Waals surface area contributed by atoms with Gasteiger partial charge in [-0.1, -0.05) is 31.2 Å². The Morgan fingerprint density at radius 2 is 2.03 bits per heavy atom. The molecule has 0 saturated carbocycles. The minimum Gasteiger partial charge on any atom is -0.337 e. The fourth-order valence-electron chi connectivity index (χ4n) is 3.06. The topological polar surface area (TPSA) is 88.9 Å². The first-order chi connectivity index (χ1) is 14.6. The van der Waals surface area contributed by atoms with Crippen LogP contribution in [0.5, 0.6) is 0 Å². The van der Waals surface area contributed by atoms with E-state index in [0.29, 0.717) is 18.8 Å². The van der Waals surface area contributed by atoms with Crippen molar-refractivity contribution in [1.29, 1.82) is 0 Å². The molecule has 0 aliphatic carbocycles. The molecule has 2 amide bonds. The number of nitrogens with zero attached hydrogens (tertiary/aromatic N) is 3. The lowest BCUT2D eigenvalue weighted by atomic mass is 10.2. The Bertz CT molecular complexity index is 1200. The second-order valence-electron chi connectivity index (χ2n) is 6.99. The Morgan fingerprint density at radius 3 is 2.87 bits per heavy atom. The molecule has 0 bridgehead atoms. The van der Waals surface area contributed by atoms with Gasteiger partial charge in [0.2, 0.25) is 0 Å². The molecule has 1 atom stereocenters. The van der Waals surface area contributed by atoms with Gasteiger partial charge in [-0.25, -0.2) is 19.6 Å². The SMILES string of the molecule is C[C@H](CNC(=O)Nc1cccc(Cn2cccnc2=O)c1)c1nc2ccccc2s1. The predicted octanol–water partition coefficient (Wildman–Crippen LogP) is 3.83. The second kappa shape index (κ2) is 8.87. The highest BCUT2D eigenvalue weighted by molar-refractivity contribution is 7.18. The molecule has 0 saturated heterocycles. The number of carbonyl (C=O) groups excluding carboxylic acids is 1. The van der Waals surface area contributed by atoms with Gasteiger partial charge in [0.1, 0.15) is 0 Å². The average Bonchev–Trinajstić information content (AvgIpc) is 3.18. The Labute approximate surface area is 177 Å². The molecule has 30 heavy (non-hydrogen) atoms. The molecule has 8 heteroatoms. The van der Waals surface area contributed by atoms with Crippen LogP contribution in [0.1, 0.15) is 23.4 Å². The van der Waals surface area contributed by atoms with Crippen molar-refractivity contribution < 1.29 is 4.79 Å². The number of fused-ring (bicyclic) bond motifs is 1. The van der Waals surface area contributed by atoms with E-state index in [1.165, 1.54) is 10.8 Å². The molecule has 152 valence electrons. The third-order valence-corrected chi connectivity index (χ3v) is 5.89. The van der Waals surface area contributed by atoms with Crippen LogP contribution < -0.4 is 16.3 Å². The quantitative estimate of drug-likeness (QED) is 0.497. The summed E-state index contributed by atoms with van der Waals surface area (Å²) in [4.78, 5) is 32.5. The number of rotatable bonds is 6. The lowest BCUT2D eigenvalue weighted by Gasteiger charge is -2.12. The number of hydrogen-bond acceptors (Lipinski definition) is 5. The van der Waals surface area contributed by atoms with Crippen molar-refractivity contribution >= 4 is 33.3 Å². The van der Waals surface area contributed by atoms with Crippen molar-refractivity contribution in [1.82, 2.24) is 19.9 Å². The van der Waals surface area contributed by atoms with E-state index in [-0.39, 0.29) is 17.6 Å². The molecule has 2 N–H and O–H groups in total. The first-order valence-corrected chi connectivity index (χ1v) is 10.4. The molecule has 0 spiro atoms. The standard InChI is InChI=1S/C22H21N5O2S/c1-15(20-26-18-8-2-3-9-19(18)30-20)13-24-21(28)25-17-7-4-6-16(12-17)14-27-11-5-10-23-22(27)29/h2-12,15H,13-14H2,1H3,(H2,24,25,28)/t15-/m1/s1. The Hall–Kier alpha value is -3.52. The van der Waals surface area contributed by atoms with E-state index in [0.717, 1.165) is 20.8 Å². The first kappa shape index (κ1) is 19.8. The third-order valence-electron chi connectivity index (χ3n) is 4.62. The zero-order valence-electron chi connectivity index (χ0n) is 16.4. The molecule has 7 nitrogen and oxygen atoms in total. The van der Waals surface area contributed by atoms with Gasteiger partial charge >= 0.3 is 11.7 Å². The highest BCUT2D eigenvalue weighted by Gasteiger charge is 2.13. The molecule has 4 aromatic rings. The molecular formula is C22H21N5O2S. The van der Waals surface area contributed by atoms with Crippen LogP contribution in [-0.2, 0) is 6.54 Å². The summed E-state index contributed by atoms with van der Waals surface area (Å²) in [5.74, 6) is 0.108. The van der Waals surface area contributed by atoms with E-state index in [1.807, 2.05) is 49.4 Å². The second-order valence-corrected chi connectivity index (χ2v) is 8.05. The monoisotopic (exact) mass is 419 g/mol. The maximum Gasteiger partial charge on any atom is 0.347 e. The van der Waals surface area contributed by atoms with E-state index in [4.69, 9.17) is 0 Å². The van der Waals surface area contributed by atoms with Crippen LogP contribution in [0.25, 0.3) is 10.2 Å². The van der Waals surface area contributed by atoms with Gasteiger partial charge in [-0.05, 0) is 35.9 Å². The predicted molar refractivity (Wildman–Crippen MR) is 119 cm³/mol. The van der Waals surface area contributed by atoms with Crippen molar-refractivity contribution in [3.8, 4) is 0 Å². The van der Waals surface area contributed by atoms with Crippen LogP contribution in [0, 0.1) is 0 Å². The number of benzene rings is 2. The number of carbonyl (C=O) groups is 1. The summed E-state index contributed by atoms with van der Waals surface area (Å²) in [5, 5.41) is 6.75. The van der Waals surface area contributed by atoms with Gasteiger partial charge in [0.25, 0.3) is 0 Å². The van der Waals surface area contributed by atoms with Gasteiger partial charge in [-0.15, -0.1) is 11.3 Å². The molecule has 0 aliphatic rings. The molecule has 0 radical (unpaired) electrons. The van der Waals surface area contributed by atoms with Gasteiger partial charge in [0.05, 0.1) is 21.8 Å². The minimum atomic E-state index is -0.308. The molecule has 0 fully saturated rings. The number of urea groups is 1. The number of thiazole rings is 1. The van der Waals surface area contributed by atoms with Crippen molar-refractivity contribution in [3.63, 3.8) is 0 Å². The Kier molecular flexibility index (Phi) is 5.85. The maximum absolute atomic E-state index is 12.3. The number of hydrogen-bond donors (Lipinski definition) is 2. The maximum atomic E-state index is 12.3. The first-order valence-electron chi connectivity index (χ1n) is 9.59. The highest BCUT2D eigenvalue weighted by atomic mass is 32.1. The summed E-state index contributed by atoms with van der Waals surface area (Å²) < 4.78 is 2.66. The van der Waals surface area contributed by atoms with Crippen LogP contribution >= 0.6 is 11.3 Å². The summed E-state index contributed by atoms with van der Waals surface area (Å²) in [7, 11) is 0. The largest absolute Gasteiger partial charge is 0.347 e.